The molecule has 1 saturated heterocycles. The van der Waals surface area contributed by atoms with Crippen LogP contribution in [0.5, 0.6) is 0 Å². The van der Waals surface area contributed by atoms with Crippen LogP contribution < -0.4 is 10.6 Å². The molecule has 1 aliphatic heterocycles. The summed E-state index contributed by atoms with van der Waals surface area (Å²) in [6.45, 7) is 0.705. The van der Waals surface area contributed by atoms with E-state index in [4.69, 9.17) is 10.2 Å². The van der Waals surface area contributed by atoms with Gasteiger partial charge in [0.05, 0.1) is 24.9 Å². The summed E-state index contributed by atoms with van der Waals surface area (Å²) in [5, 5.41) is 15.2. The first-order valence-corrected chi connectivity index (χ1v) is 10.1. The van der Waals surface area contributed by atoms with Crippen molar-refractivity contribution in [3.05, 3.63) is 35.8 Å². The molecule has 3 heterocycles. The van der Waals surface area contributed by atoms with Gasteiger partial charge in [0.2, 0.25) is 11.9 Å². The Morgan fingerprint density at radius 1 is 1.12 bits per heavy atom. The van der Waals surface area contributed by atoms with Crippen molar-refractivity contribution in [2.24, 2.45) is 0 Å². The number of aliphatic hydroxyl groups excluding tert-OH is 1. The maximum atomic E-state index is 14.3. The molecule has 170 valence electrons. The van der Waals surface area contributed by atoms with E-state index in [9.17, 15) is 18.3 Å². The summed E-state index contributed by atoms with van der Waals surface area (Å²) in [7, 11) is 0. The quantitative estimate of drug-likeness (QED) is 0.544. The molecule has 0 radical (unpaired) electrons. The first-order valence-electron chi connectivity index (χ1n) is 12.1. The lowest BCUT2D eigenvalue weighted by Gasteiger charge is -2.26. The van der Waals surface area contributed by atoms with Gasteiger partial charge in [0, 0.05) is 30.3 Å². The van der Waals surface area contributed by atoms with E-state index in [2.05, 4.69) is 25.6 Å². The van der Waals surface area contributed by atoms with Crippen LogP contribution in [-0.4, -0.2) is 50.0 Å². The molecule has 0 amide bonds. The zero-order valence-corrected chi connectivity index (χ0v) is 16.8. The van der Waals surface area contributed by atoms with Crippen molar-refractivity contribution in [3.8, 4) is 0 Å². The molecule has 1 saturated carbocycles. The Labute approximate surface area is 187 Å². The van der Waals surface area contributed by atoms with Crippen molar-refractivity contribution >= 4 is 28.7 Å². The molecule has 32 heavy (non-hydrogen) atoms. The normalized spacial score (nSPS) is 28.6. The monoisotopic (exact) mass is 452 g/mol. The lowest BCUT2D eigenvalue weighted by atomic mass is 9.93. The van der Waals surface area contributed by atoms with Gasteiger partial charge in [-0.25, -0.2) is 23.1 Å². The molecule has 3 aromatic rings. The maximum absolute atomic E-state index is 14.3. The Morgan fingerprint density at radius 2 is 1.88 bits per heavy atom. The molecule has 2 fully saturated rings. The number of anilines is 3. The van der Waals surface area contributed by atoms with Gasteiger partial charge in [0.1, 0.15) is 17.0 Å². The lowest BCUT2D eigenvalue weighted by Crippen LogP contribution is -2.29. The fourth-order valence-corrected chi connectivity index (χ4v) is 3.78. The summed E-state index contributed by atoms with van der Waals surface area (Å²) in [6, 6.07) is -0.573. The van der Waals surface area contributed by atoms with Crippen LogP contribution in [0.1, 0.15) is 43.5 Å². The number of benzene rings is 1. The van der Waals surface area contributed by atoms with Gasteiger partial charge in [-0.2, -0.15) is 4.98 Å². The number of ether oxygens (including phenoxy) is 1. The average molecular weight is 452 g/mol. The minimum absolute atomic E-state index is 0.0165. The Bertz CT molecular complexity index is 1260. The van der Waals surface area contributed by atoms with Crippen molar-refractivity contribution in [3.63, 3.8) is 0 Å². The first-order chi connectivity index (χ1) is 16.9. The van der Waals surface area contributed by atoms with E-state index in [1.54, 1.807) is 4.57 Å². The van der Waals surface area contributed by atoms with Crippen LogP contribution in [0.25, 0.3) is 11.2 Å². The summed E-state index contributed by atoms with van der Waals surface area (Å²) in [5.41, 5.74) is -0.103. The number of rotatable bonds is 5. The summed E-state index contributed by atoms with van der Waals surface area (Å²) >= 11 is 0. The van der Waals surface area contributed by atoms with Gasteiger partial charge in [0.25, 0.3) is 0 Å². The summed E-state index contributed by atoms with van der Waals surface area (Å²) in [6.07, 6.45) is -3.96. The standard InChI is InChI=1S/C21H23F3N6O2/c22-11-7-15(23)18(16(24)8-11)28-21-27-17-9-25-20(26-12-1-3-14(31)4-2-12)29-19(17)30(21)13-5-6-32-10-13/h7-9,12-14,31H,1-6,10H2,(H,27,28)(H,25,26,29)/i1D2,2D2. The molecule has 1 aromatic carbocycles. The second-order valence-corrected chi connectivity index (χ2v) is 7.64. The van der Waals surface area contributed by atoms with Gasteiger partial charge in [0.15, 0.2) is 17.3 Å². The molecule has 11 heteroatoms. The number of aliphatic hydroxyl groups is 1. The molecule has 0 bridgehead atoms. The zero-order chi connectivity index (χ0) is 25.8. The van der Waals surface area contributed by atoms with Crippen molar-refractivity contribution in [1.82, 2.24) is 19.5 Å². The highest BCUT2D eigenvalue weighted by Crippen LogP contribution is 2.32. The van der Waals surface area contributed by atoms with Crippen molar-refractivity contribution in [2.75, 3.05) is 23.8 Å². The van der Waals surface area contributed by atoms with Crippen LogP contribution in [0.2, 0.25) is 0 Å². The SMILES string of the molecule is [2H]C1([2H])CC(O)CC([2H])([2H])C1Nc1ncc2nc(Nc3c(F)cc(F)cc3F)n(C3CCOC3)c2n1. The van der Waals surface area contributed by atoms with Crippen molar-refractivity contribution in [1.29, 1.82) is 0 Å². The molecule has 1 aliphatic carbocycles. The number of hydrogen-bond acceptors (Lipinski definition) is 7. The molecule has 2 aromatic heterocycles. The third-order valence-electron chi connectivity index (χ3n) is 5.34. The molecule has 8 nitrogen and oxygen atoms in total. The molecule has 0 spiro atoms. The van der Waals surface area contributed by atoms with E-state index >= 15 is 0 Å². The third kappa shape index (κ3) is 4.09. The number of halogens is 3. The number of fused-ring (bicyclic) bond motifs is 1. The molecule has 1 unspecified atom stereocenters. The zero-order valence-electron chi connectivity index (χ0n) is 20.8. The van der Waals surface area contributed by atoms with Crippen molar-refractivity contribution < 1.29 is 28.5 Å². The fraction of sp³-hybridized carbons (Fsp3) is 0.476. The Kier molecular flexibility index (Phi) is 4.45. The number of aromatic nitrogens is 4. The van der Waals surface area contributed by atoms with E-state index in [-0.39, 0.29) is 48.6 Å². The van der Waals surface area contributed by atoms with Gasteiger partial charge >= 0.3 is 0 Å². The average Bonchev–Trinajstić information content (AvgIpc) is 3.39. The fourth-order valence-electron chi connectivity index (χ4n) is 3.78. The lowest BCUT2D eigenvalue weighted by molar-refractivity contribution is 0.126. The second-order valence-electron chi connectivity index (χ2n) is 7.64. The highest BCUT2D eigenvalue weighted by atomic mass is 19.1. The van der Waals surface area contributed by atoms with Gasteiger partial charge in [-0.05, 0) is 32.0 Å². The molecular weight excluding hydrogens is 425 g/mol. The largest absolute Gasteiger partial charge is 0.393 e. The summed E-state index contributed by atoms with van der Waals surface area (Å²) < 4.78 is 82.1. The number of hydrogen-bond donors (Lipinski definition) is 3. The van der Waals surface area contributed by atoms with E-state index in [0.717, 1.165) is 0 Å². The van der Waals surface area contributed by atoms with Crippen LogP contribution in [0.15, 0.2) is 18.3 Å². The van der Waals surface area contributed by atoms with E-state index in [0.29, 0.717) is 25.2 Å². The van der Waals surface area contributed by atoms with E-state index in [1.165, 1.54) is 6.20 Å². The smallest absolute Gasteiger partial charge is 0.224 e. The highest BCUT2D eigenvalue weighted by molar-refractivity contribution is 5.76. The molecule has 5 rings (SSSR count). The topological polar surface area (TPSA) is 97.1 Å². The maximum Gasteiger partial charge on any atom is 0.224 e. The van der Waals surface area contributed by atoms with Gasteiger partial charge in [-0.15, -0.1) is 0 Å². The van der Waals surface area contributed by atoms with Crippen LogP contribution in [0.3, 0.4) is 0 Å². The molecule has 2 aliphatic rings. The molecular formula is C21H23F3N6O2. The Hall–Kier alpha value is -2.92. The van der Waals surface area contributed by atoms with Gasteiger partial charge in [-0.1, -0.05) is 0 Å². The van der Waals surface area contributed by atoms with Crippen LogP contribution in [0.4, 0.5) is 30.8 Å². The van der Waals surface area contributed by atoms with Gasteiger partial charge < -0.3 is 20.5 Å². The minimum Gasteiger partial charge on any atom is -0.393 e. The number of nitrogens with one attached hydrogen (secondary N) is 2. The van der Waals surface area contributed by atoms with E-state index in [1.807, 2.05) is 0 Å². The van der Waals surface area contributed by atoms with E-state index < -0.39 is 48.0 Å². The van der Waals surface area contributed by atoms with Crippen LogP contribution >= 0.6 is 0 Å². The summed E-state index contributed by atoms with van der Waals surface area (Å²) in [4.78, 5) is 12.9. The Morgan fingerprint density at radius 3 is 2.56 bits per heavy atom. The minimum atomic E-state index is -2.09. The molecule has 3 N–H and O–H groups in total. The third-order valence-corrected chi connectivity index (χ3v) is 5.34. The highest BCUT2D eigenvalue weighted by Gasteiger charge is 2.27. The second kappa shape index (κ2) is 8.55. The number of nitrogens with zero attached hydrogens (tertiary/aromatic N) is 4. The predicted molar refractivity (Wildman–Crippen MR) is 111 cm³/mol. The van der Waals surface area contributed by atoms with Gasteiger partial charge in [-0.3, -0.25) is 4.57 Å². The van der Waals surface area contributed by atoms with Crippen LogP contribution in [-0.2, 0) is 4.74 Å². The first kappa shape index (κ1) is 16.7. The predicted octanol–water partition coefficient (Wildman–Crippen LogP) is 3.66. The molecule has 1 atom stereocenters. The summed E-state index contributed by atoms with van der Waals surface area (Å²) in [5.74, 6) is -3.42. The number of imidazole rings is 1. The van der Waals surface area contributed by atoms with Crippen LogP contribution in [0, 0.1) is 17.5 Å². The Balaban J connectivity index is 1.55. The van der Waals surface area contributed by atoms with Crippen molar-refractivity contribution in [2.45, 2.75) is 50.2 Å².